The van der Waals surface area contributed by atoms with Gasteiger partial charge in [-0.25, -0.2) is 4.68 Å². The standard InChI is InChI=1S/C19H25N5O/c1-13(14-8-6-5-7-9-14)10-11-20-18-22-16-15(17(25)23-18)12-21-24(16)19(2,3)4/h5-9,12-13H,10-11H2,1-4H3,(H2,20,22,23,25). The lowest BCUT2D eigenvalue weighted by molar-refractivity contribution is 0.366. The number of rotatable bonds is 5. The van der Waals surface area contributed by atoms with E-state index >= 15 is 0 Å². The Hall–Kier alpha value is -2.63. The molecule has 6 heteroatoms. The van der Waals surface area contributed by atoms with Crippen molar-refractivity contribution in [3.05, 3.63) is 52.4 Å². The predicted octanol–water partition coefficient (Wildman–Crippen LogP) is 3.48. The van der Waals surface area contributed by atoms with Crippen molar-refractivity contribution in [2.75, 3.05) is 11.9 Å². The van der Waals surface area contributed by atoms with Gasteiger partial charge in [-0.05, 0) is 38.7 Å². The Balaban J connectivity index is 1.75. The van der Waals surface area contributed by atoms with Crippen LogP contribution in [-0.2, 0) is 5.54 Å². The summed E-state index contributed by atoms with van der Waals surface area (Å²) in [7, 11) is 0. The Labute approximate surface area is 147 Å². The molecule has 0 saturated heterocycles. The highest BCUT2D eigenvalue weighted by Crippen LogP contribution is 2.20. The van der Waals surface area contributed by atoms with E-state index < -0.39 is 0 Å². The molecule has 2 aromatic heterocycles. The highest BCUT2D eigenvalue weighted by atomic mass is 16.1. The smallest absolute Gasteiger partial charge is 0.263 e. The van der Waals surface area contributed by atoms with Crippen LogP contribution in [-0.4, -0.2) is 26.3 Å². The first kappa shape index (κ1) is 17.2. The van der Waals surface area contributed by atoms with E-state index in [1.165, 1.54) is 5.56 Å². The normalized spacial score (nSPS) is 13.1. The van der Waals surface area contributed by atoms with Crippen LogP contribution >= 0.6 is 0 Å². The average Bonchev–Trinajstić information content (AvgIpc) is 3.00. The Morgan fingerprint density at radius 1 is 1.24 bits per heavy atom. The van der Waals surface area contributed by atoms with Gasteiger partial charge < -0.3 is 5.32 Å². The minimum Gasteiger partial charge on any atom is -0.356 e. The van der Waals surface area contributed by atoms with Crippen molar-refractivity contribution >= 4 is 17.0 Å². The molecule has 2 heterocycles. The van der Waals surface area contributed by atoms with Crippen molar-refractivity contribution in [2.45, 2.75) is 45.6 Å². The van der Waals surface area contributed by atoms with Crippen molar-refractivity contribution in [3.8, 4) is 0 Å². The third-order valence-corrected chi connectivity index (χ3v) is 4.31. The van der Waals surface area contributed by atoms with Crippen molar-refractivity contribution < 1.29 is 0 Å². The van der Waals surface area contributed by atoms with Gasteiger partial charge >= 0.3 is 0 Å². The van der Waals surface area contributed by atoms with Gasteiger partial charge in [0.25, 0.3) is 5.56 Å². The van der Waals surface area contributed by atoms with Crippen LogP contribution in [0.1, 0.15) is 45.6 Å². The van der Waals surface area contributed by atoms with E-state index in [1.54, 1.807) is 10.9 Å². The lowest BCUT2D eigenvalue weighted by atomic mass is 9.98. The van der Waals surface area contributed by atoms with E-state index in [1.807, 2.05) is 26.8 Å². The average molecular weight is 339 g/mol. The fraction of sp³-hybridized carbons (Fsp3) is 0.421. The third kappa shape index (κ3) is 3.73. The number of anilines is 1. The van der Waals surface area contributed by atoms with Gasteiger partial charge in [0.05, 0.1) is 11.7 Å². The minimum atomic E-state index is -0.234. The number of aromatic nitrogens is 4. The molecular weight excluding hydrogens is 314 g/mol. The van der Waals surface area contributed by atoms with Crippen molar-refractivity contribution in [1.82, 2.24) is 19.7 Å². The summed E-state index contributed by atoms with van der Waals surface area (Å²) in [5.41, 5.74) is 1.52. The molecule has 25 heavy (non-hydrogen) atoms. The van der Waals surface area contributed by atoms with E-state index in [2.05, 4.69) is 51.6 Å². The van der Waals surface area contributed by atoms with Gasteiger partial charge in [-0.3, -0.25) is 9.78 Å². The van der Waals surface area contributed by atoms with Crippen molar-refractivity contribution in [2.24, 2.45) is 0 Å². The number of benzene rings is 1. The fourth-order valence-corrected chi connectivity index (χ4v) is 2.85. The number of H-pyrrole nitrogens is 1. The summed E-state index contributed by atoms with van der Waals surface area (Å²) in [6.45, 7) is 9.05. The number of hydrogen-bond acceptors (Lipinski definition) is 4. The molecule has 3 aromatic rings. The van der Waals surface area contributed by atoms with E-state index in [9.17, 15) is 4.79 Å². The van der Waals surface area contributed by atoms with Gasteiger partial charge in [0, 0.05) is 6.54 Å². The van der Waals surface area contributed by atoms with Gasteiger partial charge in [-0.15, -0.1) is 0 Å². The van der Waals surface area contributed by atoms with Crippen LogP contribution in [0.15, 0.2) is 41.3 Å². The molecule has 1 aromatic carbocycles. The molecule has 0 spiro atoms. The summed E-state index contributed by atoms with van der Waals surface area (Å²) in [4.78, 5) is 19.6. The first-order valence-electron chi connectivity index (χ1n) is 8.63. The Morgan fingerprint density at radius 2 is 1.96 bits per heavy atom. The quantitative estimate of drug-likeness (QED) is 0.746. The maximum absolute atomic E-state index is 12.3. The van der Waals surface area contributed by atoms with Crippen LogP contribution in [0.4, 0.5) is 5.95 Å². The predicted molar refractivity (Wildman–Crippen MR) is 101 cm³/mol. The molecule has 0 radical (unpaired) electrons. The first-order valence-corrected chi connectivity index (χ1v) is 8.63. The zero-order valence-corrected chi connectivity index (χ0v) is 15.2. The first-order chi connectivity index (χ1) is 11.9. The monoisotopic (exact) mass is 339 g/mol. The molecule has 0 saturated carbocycles. The molecule has 1 atom stereocenters. The summed E-state index contributed by atoms with van der Waals surface area (Å²) in [6, 6.07) is 10.4. The summed E-state index contributed by atoms with van der Waals surface area (Å²) < 4.78 is 1.79. The number of hydrogen-bond donors (Lipinski definition) is 2. The summed E-state index contributed by atoms with van der Waals surface area (Å²) in [5.74, 6) is 0.924. The molecule has 0 amide bonds. The molecule has 2 N–H and O–H groups in total. The summed E-state index contributed by atoms with van der Waals surface area (Å²) >= 11 is 0. The molecule has 0 aliphatic heterocycles. The van der Waals surface area contributed by atoms with E-state index in [0.717, 1.165) is 13.0 Å². The van der Waals surface area contributed by atoms with Crippen LogP contribution in [0.5, 0.6) is 0 Å². The molecular formula is C19H25N5O. The van der Waals surface area contributed by atoms with E-state index in [-0.39, 0.29) is 11.1 Å². The fourth-order valence-electron chi connectivity index (χ4n) is 2.85. The summed E-state index contributed by atoms with van der Waals surface area (Å²) in [6.07, 6.45) is 2.53. The molecule has 6 nitrogen and oxygen atoms in total. The van der Waals surface area contributed by atoms with Gasteiger partial charge in [0.15, 0.2) is 5.65 Å². The molecule has 0 bridgehead atoms. The topological polar surface area (TPSA) is 75.6 Å². The highest BCUT2D eigenvalue weighted by molar-refractivity contribution is 5.74. The number of nitrogens with one attached hydrogen (secondary N) is 2. The molecule has 1 unspecified atom stereocenters. The molecule has 0 fully saturated rings. The van der Waals surface area contributed by atoms with Crippen LogP contribution in [0.25, 0.3) is 11.0 Å². The van der Waals surface area contributed by atoms with Crippen LogP contribution in [0.2, 0.25) is 0 Å². The van der Waals surface area contributed by atoms with Crippen molar-refractivity contribution in [3.63, 3.8) is 0 Å². The Kier molecular flexibility index (Phi) is 4.61. The molecule has 0 aliphatic carbocycles. The van der Waals surface area contributed by atoms with Gasteiger partial charge in [0.2, 0.25) is 5.95 Å². The second-order valence-electron chi connectivity index (χ2n) is 7.41. The van der Waals surface area contributed by atoms with Gasteiger partial charge in [-0.1, -0.05) is 37.3 Å². The second kappa shape index (κ2) is 6.70. The zero-order valence-electron chi connectivity index (χ0n) is 15.2. The lowest BCUT2D eigenvalue weighted by Gasteiger charge is -2.19. The van der Waals surface area contributed by atoms with Crippen molar-refractivity contribution in [1.29, 1.82) is 0 Å². The van der Waals surface area contributed by atoms with Crippen LogP contribution in [0.3, 0.4) is 0 Å². The maximum Gasteiger partial charge on any atom is 0.263 e. The summed E-state index contributed by atoms with van der Waals surface area (Å²) in [5, 5.41) is 8.07. The van der Waals surface area contributed by atoms with Crippen LogP contribution < -0.4 is 10.9 Å². The third-order valence-electron chi connectivity index (χ3n) is 4.31. The Morgan fingerprint density at radius 3 is 2.64 bits per heavy atom. The molecule has 132 valence electrons. The minimum absolute atomic E-state index is 0.167. The maximum atomic E-state index is 12.3. The van der Waals surface area contributed by atoms with Gasteiger partial charge in [-0.2, -0.15) is 10.1 Å². The zero-order chi connectivity index (χ0) is 18.0. The van der Waals surface area contributed by atoms with E-state index in [4.69, 9.17) is 0 Å². The number of fused-ring (bicyclic) bond motifs is 1. The lowest BCUT2D eigenvalue weighted by Crippen LogP contribution is -2.24. The Bertz CT molecular complexity index is 905. The largest absolute Gasteiger partial charge is 0.356 e. The number of nitrogens with zero attached hydrogens (tertiary/aromatic N) is 3. The molecule has 3 rings (SSSR count). The van der Waals surface area contributed by atoms with Gasteiger partial charge in [0.1, 0.15) is 5.39 Å². The van der Waals surface area contributed by atoms with E-state index in [0.29, 0.717) is 22.9 Å². The van der Waals surface area contributed by atoms with Crippen LogP contribution in [0, 0.1) is 0 Å². The highest BCUT2D eigenvalue weighted by Gasteiger charge is 2.19. The second-order valence-corrected chi connectivity index (χ2v) is 7.41. The molecule has 0 aliphatic rings. The number of aromatic amines is 1. The SMILES string of the molecule is CC(CCNc1nc2c(cnn2C(C)(C)C)c(=O)[nH]1)c1ccccc1.